The number of rotatable bonds is 22. The SMILES string of the molecule is CCCCCCCCCCS(=O)(=O)c1c(-c2ccc(C)cc2)sc(-c2ccc(C)cc2)c1S(=O)(=O)CCCCCCCCCC. The molecule has 0 atom stereocenters. The van der Waals surface area contributed by atoms with E-state index in [0.29, 0.717) is 22.6 Å². The first kappa shape index (κ1) is 37.5. The molecule has 0 N–H and O–H groups in total. The van der Waals surface area contributed by atoms with Crippen molar-refractivity contribution in [2.75, 3.05) is 11.5 Å². The number of aryl methyl sites for hydroxylation is 2. The summed E-state index contributed by atoms with van der Waals surface area (Å²) in [4.78, 5) is 1.13. The van der Waals surface area contributed by atoms with Gasteiger partial charge in [0.05, 0.1) is 21.3 Å². The molecule has 45 heavy (non-hydrogen) atoms. The molecule has 4 nitrogen and oxygen atoms in total. The second-order valence-electron chi connectivity index (χ2n) is 12.7. The summed E-state index contributed by atoms with van der Waals surface area (Å²) in [6, 6.07) is 15.5. The van der Waals surface area contributed by atoms with Crippen molar-refractivity contribution >= 4 is 31.0 Å². The fourth-order valence-electron chi connectivity index (χ4n) is 5.81. The first-order valence-corrected chi connectivity index (χ1v) is 21.5. The van der Waals surface area contributed by atoms with Crippen LogP contribution in [0.4, 0.5) is 0 Å². The largest absolute Gasteiger partial charge is 0.224 e. The van der Waals surface area contributed by atoms with Gasteiger partial charge in [-0.15, -0.1) is 11.3 Å². The average Bonchev–Trinajstić information content (AvgIpc) is 3.43. The van der Waals surface area contributed by atoms with Crippen LogP contribution in [-0.2, 0) is 19.7 Å². The molecule has 3 aromatic rings. The molecule has 0 aliphatic carbocycles. The van der Waals surface area contributed by atoms with Crippen LogP contribution in [0.25, 0.3) is 20.9 Å². The highest BCUT2D eigenvalue weighted by Crippen LogP contribution is 2.48. The van der Waals surface area contributed by atoms with E-state index in [2.05, 4.69) is 13.8 Å². The zero-order valence-corrected chi connectivity index (χ0v) is 30.7. The minimum Gasteiger partial charge on any atom is -0.224 e. The predicted octanol–water partition coefficient (Wildman–Crippen LogP) is 11.5. The monoisotopic (exact) mass is 672 g/mol. The van der Waals surface area contributed by atoms with Gasteiger partial charge in [-0.3, -0.25) is 0 Å². The van der Waals surface area contributed by atoms with Gasteiger partial charge in [0.25, 0.3) is 0 Å². The van der Waals surface area contributed by atoms with Gasteiger partial charge < -0.3 is 0 Å². The Balaban J connectivity index is 1.98. The Morgan fingerprint density at radius 1 is 0.444 bits per heavy atom. The van der Waals surface area contributed by atoms with Crippen molar-refractivity contribution in [1.29, 1.82) is 0 Å². The van der Waals surface area contributed by atoms with Gasteiger partial charge in [0, 0.05) is 0 Å². The molecule has 0 bridgehead atoms. The number of sulfone groups is 2. The molecule has 0 saturated heterocycles. The molecular weight excluding hydrogens is 617 g/mol. The van der Waals surface area contributed by atoms with Crippen LogP contribution in [0, 0.1) is 13.8 Å². The van der Waals surface area contributed by atoms with Crippen LogP contribution in [0.1, 0.15) is 128 Å². The lowest BCUT2D eigenvalue weighted by Gasteiger charge is -2.12. The molecule has 7 heteroatoms. The second kappa shape index (κ2) is 19.0. The predicted molar refractivity (Wildman–Crippen MR) is 194 cm³/mol. The van der Waals surface area contributed by atoms with Gasteiger partial charge in [0.2, 0.25) is 0 Å². The van der Waals surface area contributed by atoms with Crippen LogP contribution in [0.3, 0.4) is 0 Å². The summed E-state index contributed by atoms with van der Waals surface area (Å²) in [6.07, 6.45) is 16.7. The smallest absolute Gasteiger partial charge is 0.181 e. The average molecular weight is 673 g/mol. The van der Waals surface area contributed by atoms with Crippen LogP contribution in [0.5, 0.6) is 0 Å². The summed E-state index contributed by atoms with van der Waals surface area (Å²) < 4.78 is 57.1. The fraction of sp³-hybridized carbons (Fsp3) is 0.579. The van der Waals surface area contributed by atoms with Gasteiger partial charge in [-0.25, -0.2) is 16.8 Å². The minimum absolute atomic E-state index is 0.0226. The zero-order chi connectivity index (χ0) is 32.7. The van der Waals surface area contributed by atoms with Crippen LogP contribution in [-0.4, -0.2) is 28.3 Å². The van der Waals surface area contributed by atoms with E-state index in [1.54, 1.807) is 0 Å². The standard InChI is InChI=1S/C38H56O4S3/c1-5-7-9-11-13-15-17-19-29-44(39,40)37-35(33-25-21-31(3)22-26-33)43-36(34-27-23-32(4)24-28-34)38(37)45(41,42)30-20-18-16-14-12-10-8-6-2/h21-28H,5-20,29-30H2,1-4H3. The third-order valence-corrected chi connectivity index (χ3v) is 14.0. The third-order valence-electron chi connectivity index (χ3n) is 8.61. The molecule has 0 saturated carbocycles. The molecule has 0 aliphatic rings. The van der Waals surface area contributed by atoms with E-state index in [1.807, 2.05) is 62.4 Å². The van der Waals surface area contributed by atoms with Crippen molar-refractivity contribution in [3.05, 3.63) is 59.7 Å². The molecule has 0 unspecified atom stereocenters. The van der Waals surface area contributed by atoms with Crippen LogP contribution in [0.2, 0.25) is 0 Å². The first-order chi connectivity index (χ1) is 21.6. The summed E-state index contributed by atoms with van der Waals surface area (Å²) >= 11 is 1.31. The van der Waals surface area contributed by atoms with Crippen molar-refractivity contribution in [1.82, 2.24) is 0 Å². The first-order valence-electron chi connectivity index (χ1n) is 17.4. The Bertz CT molecular complexity index is 1390. The summed E-state index contributed by atoms with van der Waals surface area (Å²) in [5.41, 5.74) is 3.64. The summed E-state index contributed by atoms with van der Waals surface area (Å²) in [7, 11) is -7.75. The lowest BCUT2D eigenvalue weighted by atomic mass is 10.1. The van der Waals surface area contributed by atoms with Gasteiger partial charge in [-0.05, 0) is 37.8 Å². The van der Waals surface area contributed by atoms with Crippen LogP contribution >= 0.6 is 11.3 Å². The Morgan fingerprint density at radius 2 is 0.733 bits per heavy atom. The lowest BCUT2D eigenvalue weighted by molar-refractivity contribution is 0.566. The van der Waals surface area contributed by atoms with Gasteiger partial charge in [-0.1, -0.05) is 163 Å². The van der Waals surface area contributed by atoms with E-state index in [0.717, 1.165) is 60.8 Å². The summed E-state index contributed by atoms with van der Waals surface area (Å²) in [5.74, 6) is -0.0731. The van der Waals surface area contributed by atoms with E-state index in [-0.39, 0.29) is 21.3 Å². The number of thiophene rings is 1. The molecule has 0 radical (unpaired) electrons. The highest BCUT2D eigenvalue weighted by molar-refractivity contribution is 7.95. The molecule has 0 aliphatic heterocycles. The van der Waals surface area contributed by atoms with Crippen molar-refractivity contribution in [2.24, 2.45) is 0 Å². The van der Waals surface area contributed by atoms with Gasteiger partial charge >= 0.3 is 0 Å². The molecule has 3 rings (SSSR count). The van der Waals surface area contributed by atoms with Gasteiger partial charge in [-0.2, -0.15) is 0 Å². The van der Waals surface area contributed by atoms with E-state index < -0.39 is 19.7 Å². The zero-order valence-electron chi connectivity index (χ0n) is 28.2. The van der Waals surface area contributed by atoms with Crippen LogP contribution in [0.15, 0.2) is 58.3 Å². The molecule has 0 amide bonds. The number of benzene rings is 2. The second-order valence-corrected chi connectivity index (χ2v) is 17.9. The maximum Gasteiger partial charge on any atom is 0.181 e. The van der Waals surface area contributed by atoms with E-state index in [4.69, 9.17) is 0 Å². The topological polar surface area (TPSA) is 68.3 Å². The number of hydrogen-bond donors (Lipinski definition) is 0. The quantitative estimate of drug-likeness (QED) is 0.0996. The van der Waals surface area contributed by atoms with Gasteiger partial charge in [0.15, 0.2) is 19.7 Å². The van der Waals surface area contributed by atoms with Crippen molar-refractivity contribution in [3.8, 4) is 20.9 Å². The number of unbranched alkanes of at least 4 members (excludes halogenated alkanes) is 14. The summed E-state index contributed by atoms with van der Waals surface area (Å²) in [6.45, 7) is 8.40. The normalized spacial score (nSPS) is 12.2. The highest BCUT2D eigenvalue weighted by atomic mass is 32.2. The van der Waals surface area contributed by atoms with E-state index in [9.17, 15) is 16.8 Å². The Kier molecular flexibility index (Phi) is 15.8. The van der Waals surface area contributed by atoms with Crippen molar-refractivity contribution in [3.63, 3.8) is 0 Å². The number of hydrogen-bond acceptors (Lipinski definition) is 5. The molecule has 0 fully saturated rings. The highest BCUT2D eigenvalue weighted by Gasteiger charge is 2.36. The van der Waals surface area contributed by atoms with Crippen LogP contribution < -0.4 is 0 Å². The van der Waals surface area contributed by atoms with E-state index in [1.165, 1.54) is 62.7 Å². The molecule has 250 valence electrons. The lowest BCUT2D eigenvalue weighted by Crippen LogP contribution is -2.15. The molecular formula is C38H56O4S3. The van der Waals surface area contributed by atoms with Crippen molar-refractivity contribution < 1.29 is 16.8 Å². The third kappa shape index (κ3) is 11.7. The molecule has 2 aromatic carbocycles. The maximum absolute atomic E-state index is 14.3. The Labute approximate surface area is 278 Å². The Hall–Kier alpha value is -1.96. The van der Waals surface area contributed by atoms with E-state index >= 15 is 0 Å². The summed E-state index contributed by atoms with van der Waals surface area (Å²) in [5, 5.41) is 0. The minimum atomic E-state index is -3.88. The maximum atomic E-state index is 14.3. The van der Waals surface area contributed by atoms with Crippen molar-refractivity contribution in [2.45, 2.75) is 140 Å². The molecule has 0 spiro atoms. The van der Waals surface area contributed by atoms with Gasteiger partial charge in [0.1, 0.15) is 9.79 Å². The fourth-order valence-corrected chi connectivity index (χ4v) is 12.0. The Morgan fingerprint density at radius 3 is 1.04 bits per heavy atom. The molecule has 1 aromatic heterocycles. The molecule has 1 heterocycles.